The van der Waals surface area contributed by atoms with Crippen molar-refractivity contribution in [3.8, 4) is 11.5 Å². The largest absolute Gasteiger partial charge is 0.457 e. The van der Waals surface area contributed by atoms with E-state index in [0.29, 0.717) is 0 Å². The van der Waals surface area contributed by atoms with E-state index in [1.165, 1.54) is 5.56 Å². The molecule has 0 unspecified atom stereocenters. The number of nitrogens with zero attached hydrogens (tertiary/aromatic N) is 2. The number of benzene rings is 3. The number of hydrogen-bond donors (Lipinski definition) is 0. The van der Waals surface area contributed by atoms with Crippen molar-refractivity contribution in [3.05, 3.63) is 92.9 Å². The zero-order valence-electron chi connectivity index (χ0n) is 14.8. The van der Waals surface area contributed by atoms with Gasteiger partial charge >= 0.3 is 0 Å². The van der Waals surface area contributed by atoms with E-state index in [2.05, 4.69) is 76.4 Å². The predicted octanol–water partition coefficient (Wildman–Crippen LogP) is 7.88. The lowest BCUT2D eigenvalue weighted by molar-refractivity contribution is 0.482. The molecule has 0 aliphatic heterocycles. The van der Waals surface area contributed by atoms with Crippen LogP contribution in [0.2, 0.25) is 0 Å². The van der Waals surface area contributed by atoms with E-state index in [1.54, 1.807) is 9.12 Å². The van der Waals surface area contributed by atoms with Gasteiger partial charge in [0, 0.05) is 39.3 Å². The highest BCUT2D eigenvalue weighted by atomic mass is 127. The van der Waals surface area contributed by atoms with Crippen molar-refractivity contribution in [2.75, 3.05) is 6.54 Å². The van der Waals surface area contributed by atoms with E-state index in [9.17, 15) is 0 Å². The van der Waals surface area contributed by atoms with Gasteiger partial charge in [-0.25, -0.2) is 4.41 Å². The molecule has 0 N–H and O–H groups in total. The maximum Gasteiger partial charge on any atom is 0.127 e. The van der Waals surface area contributed by atoms with Crippen LogP contribution in [0.25, 0.3) is 0 Å². The monoisotopic (exact) mass is 630 g/mol. The summed E-state index contributed by atoms with van der Waals surface area (Å²) in [6, 6.07) is 23.9. The Morgan fingerprint density at radius 2 is 1.68 bits per heavy atom. The van der Waals surface area contributed by atoms with Crippen LogP contribution in [0.3, 0.4) is 0 Å². The third-order valence-corrected chi connectivity index (χ3v) is 6.89. The van der Waals surface area contributed by atoms with Crippen molar-refractivity contribution >= 4 is 68.4 Å². The third-order valence-electron chi connectivity index (χ3n) is 3.86. The van der Waals surface area contributed by atoms with Gasteiger partial charge in [-0.3, -0.25) is 0 Å². The first-order chi connectivity index (χ1) is 13.6. The maximum atomic E-state index is 5.82. The van der Waals surface area contributed by atoms with Crippen molar-refractivity contribution < 1.29 is 4.74 Å². The Balaban J connectivity index is 1.56. The summed E-state index contributed by atoms with van der Waals surface area (Å²) in [6.45, 7) is 0.819. The second-order valence-electron chi connectivity index (χ2n) is 5.86. The molecule has 3 aromatic carbocycles. The van der Waals surface area contributed by atoms with Gasteiger partial charge in [0.05, 0.1) is 12.8 Å². The molecule has 0 saturated carbocycles. The molecule has 0 aromatic heterocycles. The molecule has 0 atom stereocenters. The van der Waals surface area contributed by atoms with Crippen molar-refractivity contribution in [1.82, 2.24) is 4.41 Å². The summed E-state index contributed by atoms with van der Waals surface area (Å²) in [5, 5.41) is 4.59. The van der Waals surface area contributed by atoms with Gasteiger partial charge in [0.25, 0.3) is 0 Å². The Kier molecular flexibility index (Phi) is 8.69. The molecule has 0 aliphatic carbocycles. The predicted molar refractivity (Wildman–Crippen MR) is 134 cm³/mol. The van der Waals surface area contributed by atoms with Gasteiger partial charge in [-0.2, -0.15) is 5.10 Å². The van der Waals surface area contributed by atoms with Crippen LogP contribution in [-0.2, 0) is 6.42 Å². The first-order valence-corrected chi connectivity index (χ1v) is 13.4. The summed E-state index contributed by atoms with van der Waals surface area (Å²) >= 11 is 9.36. The molecule has 0 aliphatic rings. The highest BCUT2D eigenvalue weighted by Crippen LogP contribution is 2.25. The van der Waals surface area contributed by atoms with Gasteiger partial charge < -0.3 is 4.74 Å². The molecule has 28 heavy (non-hydrogen) atoms. The number of hydrazone groups is 1. The highest BCUT2D eigenvalue weighted by Gasteiger charge is 2.05. The lowest BCUT2D eigenvalue weighted by Gasteiger charge is -2.14. The molecule has 0 amide bonds. The minimum Gasteiger partial charge on any atom is -0.457 e. The smallest absolute Gasteiger partial charge is 0.127 e. The van der Waals surface area contributed by atoms with Gasteiger partial charge in [-0.15, -0.1) is 0 Å². The van der Waals surface area contributed by atoms with Gasteiger partial charge in [-0.05, 0) is 66.1 Å². The zero-order valence-corrected chi connectivity index (χ0v) is 20.9. The molecule has 3 rings (SSSR count). The van der Waals surface area contributed by atoms with Crippen LogP contribution < -0.4 is 4.74 Å². The zero-order chi connectivity index (χ0) is 19.8. The lowest BCUT2D eigenvalue weighted by Crippen LogP contribution is -2.11. The van der Waals surface area contributed by atoms with Crippen LogP contribution in [0.1, 0.15) is 11.1 Å². The van der Waals surface area contributed by atoms with Gasteiger partial charge in [0.15, 0.2) is 0 Å². The summed E-state index contributed by atoms with van der Waals surface area (Å²) in [6.07, 6.45) is 2.78. The first-order valence-electron chi connectivity index (χ1n) is 8.51. The van der Waals surface area contributed by atoms with E-state index < -0.39 is 0 Å². The minimum atomic E-state index is 0.809. The van der Waals surface area contributed by atoms with Crippen LogP contribution in [-0.4, -0.2) is 17.2 Å². The average Bonchev–Trinajstić information content (AvgIpc) is 2.71. The van der Waals surface area contributed by atoms with Gasteiger partial charge in [-0.1, -0.05) is 56.1 Å². The van der Waals surface area contributed by atoms with Gasteiger partial charge in [0.2, 0.25) is 0 Å². The number of para-hydroxylation sites is 1. The summed E-state index contributed by atoms with van der Waals surface area (Å²) < 4.78 is 9.97. The van der Waals surface area contributed by atoms with E-state index in [0.717, 1.165) is 39.0 Å². The normalized spacial score (nSPS) is 11.0. The molecule has 3 nitrogen and oxygen atoms in total. The fourth-order valence-corrected chi connectivity index (χ4v) is 4.81. The van der Waals surface area contributed by atoms with Crippen LogP contribution in [0, 0.1) is 0 Å². The number of hydrogen-bond acceptors (Lipinski definition) is 4. The van der Waals surface area contributed by atoms with E-state index in [-0.39, 0.29) is 0 Å². The quantitative estimate of drug-likeness (QED) is 0.109. The molecule has 0 saturated heterocycles. The average molecular weight is 632 g/mol. The Labute approximate surface area is 198 Å². The summed E-state index contributed by atoms with van der Waals surface area (Å²) in [5.74, 6) is 1.64. The van der Waals surface area contributed by atoms with Crippen molar-refractivity contribution in [1.29, 1.82) is 0 Å². The number of halogens is 3. The molecule has 3 aromatic rings. The molecular formula is C21H17Br2IN2OS. The Morgan fingerprint density at radius 1 is 0.964 bits per heavy atom. The maximum absolute atomic E-state index is 5.82. The second kappa shape index (κ2) is 11.2. The standard InChI is InChI=1S/C21H17Br2IN2OS/c22-18-9-8-17(21(23)14-18)12-13-26(28-24)25-15-16-6-10-20(11-7-16)27-19-4-2-1-3-5-19/h1-11,14-15H,12-13H2/b25-15+. The van der Waals surface area contributed by atoms with Crippen LogP contribution in [0.4, 0.5) is 0 Å². The van der Waals surface area contributed by atoms with E-state index in [1.807, 2.05) is 65.2 Å². The highest BCUT2D eigenvalue weighted by molar-refractivity contribution is 14.2. The Morgan fingerprint density at radius 3 is 2.36 bits per heavy atom. The van der Waals surface area contributed by atoms with E-state index >= 15 is 0 Å². The molecule has 0 radical (unpaired) electrons. The molecule has 0 spiro atoms. The second-order valence-corrected chi connectivity index (χ2v) is 9.37. The van der Waals surface area contributed by atoms with Crippen LogP contribution >= 0.6 is 62.2 Å². The summed E-state index contributed by atoms with van der Waals surface area (Å²) in [7, 11) is 1.58. The molecule has 0 bridgehead atoms. The summed E-state index contributed by atoms with van der Waals surface area (Å²) in [4.78, 5) is 0. The number of ether oxygens (including phenoxy) is 1. The van der Waals surface area contributed by atoms with Crippen molar-refractivity contribution in [3.63, 3.8) is 0 Å². The van der Waals surface area contributed by atoms with Gasteiger partial charge in [0.1, 0.15) is 11.5 Å². The molecule has 7 heteroatoms. The van der Waals surface area contributed by atoms with Crippen molar-refractivity contribution in [2.24, 2.45) is 5.10 Å². The minimum absolute atomic E-state index is 0.809. The summed E-state index contributed by atoms with van der Waals surface area (Å²) in [5.41, 5.74) is 2.29. The molecule has 144 valence electrons. The lowest BCUT2D eigenvalue weighted by atomic mass is 10.1. The molecule has 0 fully saturated rings. The van der Waals surface area contributed by atoms with E-state index in [4.69, 9.17) is 4.74 Å². The SMILES string of the molecule is Brc1ccc(CCN(/N=C/c2ccc(Oc3ccccc3)cc2)SI)c(Br)c1. The number of rotatable bonds is 8. The van der Waals surface area contributed by atoms with Crippen LogP contribution in [0.15, 0.2) is 86.8 Å². The molecular weight excluding hydrogens is 615 g/mol. The Bertz CT molecular complexity index is 923. The molecule has 0 heterocycles. The Hall–Kier alpha value is -1.03. The first kappa shape index (κ1) is 21.7. The fraction of sp³-hybridized carbons (Fsp3) is 0.0952. The third kappa shape index (κ3) is 6.79. The topological polar surface area (TPSA) is 24.8 Å². The van der Waals surface area contributed by atoms with Crippen molar-refractivity contribution in [2.45, 2.75) is 6.42 Å². The van der Waals surface area contributed by atoms with Crippen LogP contribution in [0.5, 0.6) is 11.5 Å². The fourth-order valence-electron chi connectivity index (χ4n) is 2.43.